The van der Waals surface area contributed by atoms with Crippen molar-refractivity contribution >= 4 is 0 Å². The Morgan fingerprint density at radius 2 is 2.00 bits per heavy atom. The number of ether oxygens (including phenoxy) is 2. The van der Waals surface area contributed by atoms with Crippen molar-refractivity contribution in [2.75, 3.05) is 33.5 Å². The van der Waals surface area contributed by atoms with Gasteiger partial charge >= 0.3 is 0 Å². The molecular weight excluding hydrogens is 214 g/mol. The molecule has 0 saturated carbocycles. The molecule has 0 radical (unpaired) electrons. The molecule has 0 fully saturated rings. The number of aryl methyl sites for hydroxylation is 1. The standard InChI is InChI=1S/C14H23NO2/c1-4-15-14(11-17-10-9-16-3)13-8-6-5-7-12(13)2/h5-8,14-15H,4,9-11H2,1-3H3. The summed E-state index contributed by atoms with van der Waals surface area (Å²) in [6.07, 6.45) is 0. The van der Waals surface area contributed by atoms with E-state index in [4.69, 9.17) is 9.47 Å². The molecule has 1 N–H and O–H groups in total. The highest BCUT2D eigenvalue weighted by molar-refractivity contribution is 5.28. The highest BCUT2D eigenvalue weighted by Crippen LogP contribution is 2.17. The Kier molecular flexibility index (Phi) is 6.86. The van der Waals surface area contributed by atoms with Crippen molar-refractivity contribution < 1.29 is 9.47 Å². The third-order valence-electron chi connectivity index (χ3n) is 2.73. The average Bonchev–Trinajstić information content (AvgIpc) is 2.34. The smallest absolute Gasteiger partial charge is 0.0701 e. The van der Waals surface area contributed by atoms with E-state index in [0.29, 0.717) is 19.8 Å². The van der Waals surface area contributed by atoms with Crippen molar-refractivity contribution in [1.29, 1.82) is 0 Å². The molecule has 0 aromatic heterocycles. The van der Waals surface area contributed by atoms with Gasteiger partial charge in [-0.2, -0.15) is 0 Å². The molecule has 0 spiro atoms. The Labute approximate surface area is 104 Å². The summed E-state index contributed by atoms with van der Waals surface area (Å²) in [6.45, 7) is 7.15. The van der Waals surface area contributed by atoms with E-state index >= 15 is 0 Å². The van der Waals surface area contributed by atoms with Crippen LogP contribution < -0.4 is 5.32 Å². The lowest BCUT2D eigenvalue weighted by atomic mass is 10.0. The number of hydrogen-bond donors (Lipinski definition) is 1. The first kappa shape index (κ1) is 14.2. The molecule has 1 unspecified atom stereocenters. The van der Waals surface area contributed by atoms with Crippen LogP contribution in [0.5, 0.6) is 0 Å². The fraction of sp³-hybridized carbons (Fsp3) is 0.571. The first-order valence-electron chi connectivity index (χ1n) is 6.15. The molecule has 0 aliphatic carbocycles. The van der Waals surface area contributed by atoms with E-state index in [9.17, 15) is 0 Å². The number of methoxy groups -OCH3 is 1. The number of nitrogens with one attached hydrogen (secondary N) is 1. The van der Waals surface area contributed by atoms with Gasteiger partial charge in [0.05, 0.1) is 25.9 Å². The molecule has 1 aromatic carbocycles. The largest absolute Gasteiger partial charge is 0.382 e. The maximum atomic E-state index is 5.61. The van der Waals surface area contributed by atoms with E-state index in [0.717, 1.165) is 6.54 Å². The van der Waals surface area contributed by atoms with E-state index in [2.05, 4.69) is 43.4 Å². The molecule has 0 aliphatic heterocycles. The monoisotopic (exact) mass is 237 g/mol. The van der Waals surface area contributed by atoms with E-state index in [1.54, 1.807) is 7.11 Å². The first-order valence-corrected chi connectivity index (χ1v) is 6.15. The number of benzene rings is 1. The second-order valence-corrected chi connectivity index (χ2v) is 4.03. The molecule has 96 valence electrons. The van der Waals surface area contributed by atoms with Gasteiger partial charge < -0.3 is 14.8 Å². The van der Waals surface area contributed by atoms with Gasteiger partial charge in [0.2, 0.25) is 0 Å². The fourth-order valence-electron chi connectivity index (χ4n) is 1.83. The number of likely N-dealkylation sites (N-methyl/N-ethyl adjacent to an activating group) is 1. The predicted octanol–water partition coefficient (Wildman–Crippen LogP) is 2.31. The van der Waals surface area contributed by atoms with Crippen LogP contribution in [0.3, 0.4) is 0 Å². The Hall–Kier alpha value is -0.900. The van der Waals surface area contributed by atoms with E-state index in [1.807, 2.05) is 0 Å². The number of hydrogen-bond acceptors (Lipinski definition) is 3. The van der Waals surface area contributed by atoms with Gasteiger partial charge in [-0.15, -0.1) is 0 Å². The Morgan fingerprint density at radius 1 is 1.24 bits per heavy atom. The summed E-state index contributed by atoms with van der Waals surface area (Å²) in [4.78, 5) is 0. The second-order valence-electron chi connectivity index (χ2n) is 4.03. The van der Waals surface area contributed by atoms with Crippen LogP contribution >= 0.6 is 0 Å². The number of rotatable bonds is 8. The molecule has 1 rings (SSSR count). The lowest BCUT2D eigenvalue weighted by Crippen LogP contribution is -2.26. The Morgan fingerprint density at radius 3 is 2.65 bits per heavy atom. The summed E-state index contributed by atoms with van der Waals surface area (Å²) >= 11 is 0. The molecule has 3 nitrogen and oxygen atoms in total. The lowest BCUT2D eigenvalue weighted by molar-refractivity contribution is 0.0587. The maximum Gasteiger partial charge on any atom is 0.0701 e. The minimum atomic E-state index is 0.262. The molecule has 0 amide bonds. The Balaban J connectivity index is 2.56. The normalized spacial score (nSPS) is 12.6. The fourth-order valence-corrected chi connectivity index (χ4v) is 1.83. The van der Waals surface area contributed by atoms with Crippen molar-refractivity contribution in [3.05, 3.63) is 35.4 Å². The molecule has 0 saturated heterocycles. The predicted molar refractivity (Wildman–Crippen MR) is 70.3 cm³/mol. The van der Waals surface area contributed by atoms with Gasteiger partial charge in [-0.05, 0) is 24.6 Å². The zero-order valence-electron chi connectivity index (χ0n) is 11.0. The highest BCUT2D eigenvalue weighted by Gasteiger charge is 2.12. The molecular formula is C14H23NO2. The molecule has 0 bridgehead atoms. The van der Waals surface area contributed by atoms with E-state index < -0.39 is 0 Å². The SMILES string of the molecule is CCNC(COCCOC)c1ccccc1C. The zero-order chi connectivity index (χ0) is 12.5. The first-order chi connectivity index (χ1) is 8.29. The minimum Gasteiger partial charge on any atom is -0.382 e. The van der Waals surface area contributed by atoms with Crippen LogP contribution in [0.1, 0.15) is 24.1 Å². The van der Waals surface area contributed by atoms with Crippen LogP contribution in [-0.2, 0) is 9.47 Å². The third-order valence-corrected chi connectivity index (χ3v) is 2.73. The second kappa shape index (κ2) is 8.23. The summed E-state index contributed by atoms with van der Waals surface area (Å²) in [5.74, 6) is 0. The van der Waals surface area contributed by atoms with Gasteiger partial charge in [0.15, 0.2) is 0 Å². The zero-order valence-corrected chi connectivity index (χ0v) is 11.0. The summed E-state index contributed by atoms with van der Waals surface area (Å²) in [6, 6.07) is 8.69. The van der Waals surface area contributed by atoms with Crippen LogP contribution in [0.25, 0.3) is 0 Å². The van der Waals surface area contributed by atoms with Gasteiger partial charge in [0.1, 0.15) is 0 Å². The molecule has 1 atom stereocenters. The van der Waals surface area contributed by atoms with Crippen LogP contribution in [0.4, 0.5) is 0 Å². The quantitative estimate of drug-likeness (QED) is 0.704. The molecule has 0 aliphatic rings. The summed E-state index contributed by atoms with van der Waals surface area (Å²) in [5.41, 5.74) is 2.61. The van der Waals surface area contributed by atoms with Crippen LogP contribution in [0, 0.1) is 6.92 Å². The lowest BCUT2D eigenvalue weighted by Gasteiger charge is -2.20. The van der Waals surface area contributed by atoms with Gasteiger partial charge in [-0.3, -0.25) is 0 Å². The van der Waals surface area contributed by atoms with E-state index in [1.165, 1.54) is 11.1 Å². The van der Waals surface area contributed by atoms with Gasteiger partial charge in [0.25, 0.3) is 0 Å². The molecule has 17 heavy (non-hydrogen) atoms. The van der Waals surface area contributed by atoms with Crippen molar-refractivity contribution in [2.45, 2.75) is 19.9 Å². The average molecular weight is 237 g/mol. The topological polar surface area (TPSA) is 30.5 Å². The van der Waals surface area contributed by atoms with Crippen LogP contribution in [0.15, 0.2) is 24.3 Å². The summed E-state index contributed by atoms with van der Waals surface area (Å²) in [7, 11) is 1.69. The van der Waals surface area contributed by atoms with Crippen molar-refractivity contribution in [2.24, 2.45) is 0 Å². The van der Waals surface area contributed by atoms with E-state index in [-0.39, 0.29) is 6.04 Å². The van der Waals surface area contributed by atoms with Crippen molar-refractivity contribution in [1.82, 2.24) is 5.32 Å². The maximum absolute atomic E-state index is 5.61. The minimum absolute atomic E-state index is 0.262. The molecule has 3 heteroatoms. The van der Waals surface area contributed by atoms with Crippen molar-refractivity contribution in [3.63, 3.8) is 0 Å². The van der Waals surface area contributed by atoms with Crippen LogP contribution in [0.2, 0.25) is 0 Å². The van der Waals surface area contributed by atoms with Crippen molar-refractivity contribution in [3.8, 4) is 0 Å². The van der Waals surface area contributed by atoms with Crippen LogP contribution in [-0.4, -0.2) is 33.5 Å². The highest BCUT2D eigenvalue weighted by atomic mass is 16.5. The molecule has 0 heterocycles. The van der Waals surface area contributed by atoms with Gasteiger partial charge in [-0.25, -0.2) is 0 Å². The Bertz CT molecular complexity index is 315. The molecule has 1 aromatic rings. The van der Waals surface area contributed by atoms with Gasteiger partial charge in [-0.1, -0.05) is 31.2 Å². The summed E-state index contributed by atoms with van der Waals surface area (Å²) in [5, 5.41) is 3.45. The van der Waals surface area contributed by atoms with Gasteiger partial charge in [0, 0.05) is 7.11 Å². The third kappa shape index (κ3) is 4.86. The summed E-state index contributed by atoms with van der Waals surface area (Å²) < 4.78 is 10.6.